The van der Waals surface area contributed by atoms with Gasteiger partial charge in [0.05, 0.1) is 7.11 Å². The third-order valence-corrected chi connectivity index (χ3v) is 4.81. The molecule has 3 atom stereocenters. The van der Waals surface area contributed by atoms with Crippen LogP contribution in [-0.2, 0) is 9.53 Å². The molecule has 1 aliphatic carbocycles. The van der Waals surface area contributed by atoms with Gasteiger partial charge in [0.25, 0.3) is 5.91 Å². The number of phenols is 1. The molecular formula is C18H25NO5. The first-order chi connectivity index (χ1) is 11.4. The summed E-state index contributed by atoms with van der Waals surface area (Å²) in [6.07, 6.45) is 3.22. The monoisotopic (exact) mass is 335 g/mol. The number of ether oxygens (including phenoxy) is 2. The summed E-state index contributed by atoms with van der Waals surface area (Å²) in [5, 5.41) is 12.7. The lowest BCUT2D eigenvalue weighted by molar-refractivity contribution is -0.125. The summed E-state index contributed by atoms with van der Waals surface area (Å²) >= 11 is 0. The molecule has 6 nitrogen and oxygen atoms in total. The van der Waals surface area contributed by atoms with Gasteiger partial charge in [-0.15, -0.1) is 0 Å². The summed E-state index contributed by atoms with van der Waals surface area (Å²) in [6, 6.07) is 4.39. The smallest absolute Gasteiger partial charge is 0.342 e. The number of methoxy groups -OCH3 is 1. The second kappa shape index (κ2) is 8.04. The highest BCUT2D eigenvalue weighted by Gasteiger charge is 2.28. The van der Waals surface area contributed by atoms with Crippen molar-refractivity contribution in [3.63, 3.8) is 0 Å². The van der Waals surface area contributed by atoms with Gasteiger partial charge in [-0.25, -0.2) is 4.79 Å². The molecule has 1 aromatic carbocycles. The van der Waals surface area contributed by atoms with Crippen LogP contribution in [0.5, 0.6) is 11.5 Å². The molecule has 2 N–H and O–H groups in total. The third-order valence-electron chi connectivity index (χ3n) is 4.81. The molecule has 0 spiro atoms. The molecule has 6 heteroatoms. The molecule has 0 saturated heterocycles. The molecule has 1 aromatic rings. The van der Waals surface area contributed by atoms with E-state index >= 15 is 0 Å². The van der Waals surface area contributed by atoms with Crippen LogP contribution in [0.4, 0.5) is 0 Å². The number of phenolic OH excluding ortho intramolecular Hbond substituents is 1. The number of hydrogen-bond acceptors (Lipinski definition) is 5. The zero-order valence-electron chi connectivity index (χ0n) is 14.4. The average Bonchev–Trinajstić information content (AvgIpc) is 2.56. The van der Waals surface area contributed by atoms with Crippen LogP contribution < -0.4 is 10.1 Å². The van der Waals surface area contributed by atoms with Crippen molar-refractivity contribution in [3.8, 4) is 11.5 Å². The molecule has 0 aliphatic heterocycles. The average molecular weight is 335 g/mol. The Bertz CT molecular complexity index is 601. The SMILES string of the molecule is COc1ccc(C(=O)OCC(=O)N[C@@H]2CCC[C@@H](C)[C@H]2C)c(O)c1. The van der Waals surface area contributed by atoms with Gasteiger partial charge >= 0.3 is 5.97 Å². The van der Waals surface area contributed by atoms with Crippen molar-refractivity contribution in [1.29, 1.82) is 0 Å². The second-order valence-electron chi connectivity index (χ2n) is 6.40. The highest BCUT2D eigenvalue weighted by atomic mass is 16.5. The Labute approximate surface area is 142 Å². The minimum atomic E-state index is -0.740. The fraction of sp³-hybridized carbons (Fsp3) is 0.556. The van der Waals surface area contributed by atoms with Crippen LogP contribution in [0.1, 0.15) is 43.5 Å². The second-order valence-corrected chi connectivity index (χ2v) is 6.40. The van der Waals surface area contributed by atoms with E-state index in [1.54, 1.807) is 6.07 Å². The molecule has 0 aromatic heterocycles. The van der Waals surface area contributed by atoms with E-state index < -0.39 is 5.97 Å². The Kier molecular flexibility index (Phi) is 6.06. The van der Waals surface area contributed by atoms with Crippen LogP contribution in [0.15, 0.2) is 18.2 Å². The molecule has 0 heterocycles. The topological polar surface area (TPSA) is 84.9 Å². The predicted molar refractivity (Wildman–Crippen MR) is 89.1 cm³/mol. The first-order valence-corrected chi connectivity index (χ1v) is 8.26. The maximum absolute atomic E-state index is 12.0. The molecule has 0 radical (unpaired) electrons. The van der Waals surface area contributed by atoms with Crippen LogP contribution in [0.25, 0.3) is 0 Å². The van der Waals surface area contributed by atoms with Gasteiger partial charge in [0.1, 0.15) is 17.1 Å². The molecule has 24 heavy (non-hydrogen) atoms. The van der Waals surface area contributed by atoms with Crippen LogP contribution in [-0.4, -0.2) is 36.7 Å². The number of esters is 1. The van der Waals surface area contributed by atoms with Gasteiger partial charge in [-0.2, -0.15) is 0 Å². The molecule has 1 aliphatic rings. The number of amides is 1. The van der Waals surface area contributed by atoms with Crippen molar-refractivity contribution >= 4 is 11.9 Å². The summed E-state index contributed by atoms with van der Waals surface area (Å²) in [4.78, 5) is 24.0. The fourth-order valence-corrected chi connectivity index (χ4v) is 3.05. The first-order valence-electron chi connectivity index (χ1n) is 8.26. The standard InChI is InChI=1S/C18H25NO5/c1-11-5-4-6-15(12(11)2)19-17(21)10-24-18(22)14-8-7-13(23-3)9-16(14)20/h7-9,11-12,15,20H,4-6,10H2,1-3H3,(H,19,21)/t11-,12-,15-/m1/s1. The predicted octanol–water partition coefficient (Wildman–Crippen LogP) is 2.50. The zero-order chi connectivity index (χ0) is 17.7. The molecule has 132 valence electrons. The van der Waals surface area contributed by atoms with Crippen molar-refractivity contribution in [2.75, 3.05) is 13.7 Å². The van der Waals surface area contributed by atoms with Crippen molar-refractivity contribution in [2.45, 2.75) is 39.2 Å². The highest BCUT2D eigenvalue weighted by Crippen LogP contribution is 2.29. The Morgan fingerprint density at radius 3 is 2.71 bits per heavy atom. The zero-order valence-corrected chi connectivity index (χ0v) is 14.4. The third kappa shape index (κ3) is 4.40. The summed E-state index contributed by atoms with van der Waals surface area (Å²) in [7, 11) is 1.46. The summed E-state index contributed by atoms with van der Waals surface area (Å²) in [5.74, 6) is 0.112. The Morgan fingerprint density at radius 2 is 2.04 bits per heavy atom. The van der Waals surface area contributed by atoms with Gasteiger partial charge in [-0.05, 0) is 30.4 Å². The Morgan fingerprint density at radius 1 is 1.29 bits per heavy atom. The van der Waals surface area contributed by atoms with Gasteiger partial charge in [0.2, 0.25) is 0 Å². The number of aromatic hydroxyl groups is 1. The van der Waals surface area contributed by atoms with Crippen LogP contribution in [0.2, 0.25) is 0 Å². The van der Waals surface area contributed by atoms with Gasteiger partial charge in [0.15, 0.2) is 6.61 Å². The number of benzene rings is 1. The molecule has 0 bridgehead atoms. The molecule has 1 amide bonds. The van der Waals surface area contributed by atoms with E-state index in [2.05, 4.69) is 19.2 Å². The van der Waals surface area contributed by atoms with Gasteiger partial charge < -0.3 is 19.9 Å². The Balaban J connectivity index is 1.86. The van der Waals surface area contributed by atoms with Gasteiger partial charge in [0, 0.05) is 12.1 Å². The highest BCUT2D eigenvalue weighted by molar-refractivity contribution is 5.94. The largest absolute Gasteiger partial charge is 0.507 e. The maximum atomic E-state index is 12.0. The van der Waals surface area contributed by atoms with E-state index in [0.29, 0.717) is 17.6 Å². The summed E-state index contributed by atoms with van der Waals surface area (Å²) in [6.45, 7) is 3.97. The number of hydrogen-bond donors (Lipinski definition) is 2. The number of carbonyl (C=O) groups excluding carboxylic acids is 2. The lowest BCUT2D eigenvalue weighted by Crippen LogP contribution is -2.45. The Hall–Kier alpha value is -2.24. The van der Waals surface area contributed by atoms with E-state index in [0.717, 1.165) is 12.8 Å². The number of nitrogens with one attached hydrogen (secondary N) is 1. The minimum absolute atomic E-state index is 0.00302. The normalized spacial score (nSPS) is 23.4. The number of rotatable bonds is 5. The number of carbonyl (C=O) groups is 2. The van der Waals surface area contributed by atoms with Crippen molar-refractivity contribution < 1.29 is 24.2 Å². The molecule has 2 rings (SSSR count). The van der Waals surface area contributed by atoms with Crippen molar-refractivity contribution in [1.82, 2.24) is 5.32 Å². The van der Waals surface area contributed by atoms with Crippen LogP contribution in [0.3, 0.4) is 0 Å². The lowest BCUT2D eigenvalue weighted by atomic mass is 9.78. The van der Waals surface area contributed by atoms with Crippen LogP contribution in [0, 0.1) is 11.8 Å². The summed E-state index contributed by atoms with van der Waals surface area (Å²) < 4.78 is 9.95. The molecule has 1 fully saturated rings. The van der Waals surface area contributed by atoms with Gasteiger partial charge in [-0.1, -0.05) is 26.7 Å². The summed E-state index contributed by atoms with van der Waals surface area (Å²) in [5.41, 5.74) is 0.00302. The fourth-order valence-electron chi connectivity index (χ4n) is 3.05. The molecular weight excluding hydrogens is 310 g/mol. The molecule has 0 unspecified atom stereocenters. The van der Waals surface area contributed by atoms with E-state index in [-0.39, 0.29) is 29.9 Å². The van der Waals surface area contributed by atoms with Gasteiger partial charge in [-0.3, -0.25) is 4.79 Å². The molecule has 1 saturated carbocycles. The lowest BCUT2D eigenvalue weighted by Gasteiger charge is -2.34. The van der Waals surface area contributed by atoms with Crippen molar-refractivity contribution in [2.24, 2.45) is 11.8 Å². The minimum Gasteiger partial charge on any atom is -0.507 e. The van der Waals surface area contributed by atoms with Crippen molar-refractivity contribution in [3.05, 3.63) is 23.8 Å². The van der Waals surface area contributed by atoms with E-state index in [1.165, 1.54) is 25.7 Å². The van der Waals surface area contributed by atoms with E-state index in [9.17, 15) is 14.7 Å². The van der Waals surface area contributed by atoms with E-state index in [4.69, 9.17) is 9.47 Å². The first kappa shape index (κ1) is 18.1. The van der Waals surface area contributed by atoms with Crippen LogP contribution >= 0.6 is 0 Å². The quantitative estimate of drug-likeness (QED) is 0.808. The van der Waals surface area contributed by atoms with E-state index in [1.807, 2.05) is 0 Å². The maximum Gasteiger partial charge on any atom is 0.342 e.